The van der Waals surface area contributed by atoms with Crippen LogP contribution in [0.25, 0.3) is 0 Å². The topological polar surface area (TPSA) is 108 Å². The maximum absolute atomic E-state index is 12.9. The van der Waals surface area contributed by atoms with Gasteiger partial charge in [-0.2, -0.15) is 4.31 Å². The van der Waals surface area contributed by atoms with Gasteiger partial charge in [0, 0.05) is 31.6 Å². The number of aromatic carboxylic acids is 1. The SMILES string of the molecule is CC1CCCN(C(=O)C2CCN(S(=O)(=O)c3ccc(C(=O)O)o3)CC2)C1C. The predicted molar refractivity (Wildman–Crippen MR) is 96.7 cm³/mol. The van der Waals surface area contributed by atoms with Crippen molar-refractivity contribution in [3.8, 4) is 0 Å². The second kappa shape index (κ2) is 7.63. The fourth-order valence-electron chi connectivity index (χ4n) is 3.93. The van der Waals surface area contributed by atoms with Gasteiger partial charge in [0.15, 0.2) is 0 Å². The zero-order valence-corrected chi connectivity index (χ0v) is 16.4. The van der Waals surface area contributed by atoms with Gasteiger partial charge in [0.2, 0.25) is 16.8 Å². The summed E-state index contributed by atoms with van der Waals surface area (Å²) in [4.78, 5) is 25.7. The average molecular weight is 398 g/mol. The number of carbonyl (C=O) groups excluding carboxylic acids is 1. The fraction of sp³-hybridized carbons (Fsp3) is 0.667. The van der Waals surface area contributed by atoms with Gasteiger partial charge in [0.1, 0.15) is 0 Å². The summed E-state index contributed by atoms with van der Waals surface area (Å²) in [5, 5.41) is 8.52. The van der Waals surface area contributed by atoms with Crippen LogP contribution in [-0.4, -0.2) is 60.3 Å². The quantitative estimate of drug-likeness (QED) is 0.831. The summed E-state index contributed by atoms with van der Waals surface area (Å²) in [6, 6.07) is 2.50. The lowest BCUT2D eigenvalue weighted by molar-refractivity contribution is -0.141. The second-order valence-electron chi connectivity index (χ2n) is 7.49. The van der Waals surface area contributed by atoms with Crippen LogP contribution in [0, 0.1) is 11.8 Å². The molecule has 8 nitrogen and oxygen atoms in total. The molecule has 1 aromatic rings. The van der Waals surface area contributed by atoms with Gasteiger partial charge >= 0.3 is 5.97 Å². The minimum atomic E-state index is -3.89. The van der Waals surface area contributed by atoms with E-state index in [1.807, 2.05) is 4.90 Å². The van der Waals surface area contributed by atoms with E-state index in [-0.39, 0.29) is 36.0 Å². The number of nitrogens with zero attached hydrogens (tertiary/aromatic N) is 2. The lowest BCUT2D eigenvalue weighted by atomic mass is 9.89. The summed E-state index contributed by atoms with van der Waals surface area (Å²) >= 11 is 0. The molecule has 0 aromatic carbocycles. The molecule has 0 bridgehead atoms. The molecular formula is C18H26N2O6S. The molecule has 2 unspecified atom stereocenters. The van der Waals surface area contributed by atoms with Crippen molar-refractivity contribution in [2.24, 2.45) is 11.8 Å². The Hall–Kier alpha value is -1.87. The van der Waals surface area contributed by atoms with Crippen LogP contribution >= 0.6 is 0 Å². The van der Waals surface area contributed by atoms with Crippen molar-refractivity contribution in [2.75, 3.05) is 19.6 Å². The zero-order chi connectivity index (χ0) is 19.8. The minimum Gasteiger partial charge on any atom is -0.475 e. The molecule has 3 rings (SSSR count). The Morgan fingerprint density at radius 2 is 1.78 bits per heavy atom. The maximum Gasteiger partial charge on any atom is 0.371 e. The van der Waals surface area contributed by atoms with Gasteiger partial charge in [0.05, 0.1) is 0 Å². The number of amides is 1. The van der Waals surface area contributed by atoms with Crippen LogP contribution < -0.4 is 0 Å². The summed E-state index contributed by atoms with van der Waals surface area (Å²) in [5.74, 6) is -1.30. The van der Waals surface area contributed by atoms with E-state index >= 15 is 0 Å². The number of hydrogen-bond donors (Lipinski definition) is 1. The number of carbonyl (C=O) groups is 2. The fourth-order valence-corrected chi connectivity index (χ4v) is 5.31. The van der Waals surface area contributed by atoms with Crippen molar-refractivity contribution in [3.05, 3.63) is 17.9 Å². The van der Waals surface area contributed by atoms with Crippen LogP contribution in [0.15, 0.2) is 21.6 Å². The third kappa shape index (κ3) is 3.89. The van der Waals surface area contributed by atoms with E-state index < -0.39 is 21.8 Å². The third-order valence-electron chi connectivity index (χ3n) is 5.85. The Labute approximate surface area is 159 Å². The lowest BCUT2D eigenvalue weighted by Gasteiger charge is -2.41. The van der Waals surface area contributed by atoms with E-state index in [4.69, 9.17) is 9.52 Å². The van der Waals surface area contributed by atoms with Crippen LogP contribution in [-0.2, 0) is 14.8 Å². The van der Waals surface area contributed by atoms with E-state index in [9.17, 15) is 18.0 Å². The van der Waals surface area contributed by atoms with Gasteiger partial charge in [-0.1, -0.05) is 6.92 Å². The highest BCUT2D eigenvalue weighted by molar-refractivity contribution is 7.89. The number of furan rings is 1. The molecule has 1 aromatic heterocycles. The van der Waals surface area contributed by atoms with Crippen molar-refractivity contribution >= 4 is 21.9 Å². The van der Waals surface area contributed by atoms with E-state index in [0.29, 0.717) is 18.8 Å². The minimum absolute atomic E-state index is 0.122. The molecule has 2 atom stereocenters. The van der Waals surface area contributed by atoms with E-state index in [1.54, 1.807) is 0 Å². The van der Waals surface area contributed by atoms with Gasteiger partial charge in [-0.3, -0.25) is 4.79 Å². The molecule has 0 saturated carbocycles. The van der Waals surface area contributed by atoms with Gasteiger partial charge < -0.3 is 14.4 Å². The number of likely N-dealkylation sites (tertiary alicyclic amines) is 1. The Bertz CT molecular complexity index is 810. The smallest absolute Gasteiger partial charge is 0.371 e. The molecule has 2 aliphatic heterocycles. The number of rotatable bonds is 4. The average Bonchev–Trinajstić information content (AvgIpc) is 3.15. The zero-order valence-electron chi connectivity index (χ0n) is 15.6. The van der Waals surface area contributed by atoms with Crippen LogP contribution in [0.3, 0.4) is 0 Å². The van der Waals surface area contributed by atoms with Crippen molar-refractivity contribution < 1.29 is 27.5 Å². The summed E-state index contributed by atoms with van der Waals surface area (Å²) in [5.41, 5.74) is 0. The first kappa shape index (κ1) is 19.9. The second-order valence-corrected chi connectivity index (χ2v) is 9.36. The van der Waals surface area contributed by atoms with E-state index in [1.165, 1.54) is 4.31 Å². The highest BCUT2D eigenvalue weighted by Crippen LogP contribution is 2.29. The van der Waals surface area contributed by atoms with Crippen LogP contribution in [0.4, 0.5) is 0 Å². The molecule has 3 heterocycles. The summed E-state index contributed by atoms with van der Waals surface area (Å²) in [6.07, 6.45) is 3.06. The Balaban J connectivity index is 1.64. The largest absolute Gasteiger partial charge is 0.475 e. The number of piperidine rings is 2. The molecule has 1 amide bonds. The molecule has 1 N–H and O–H groups in total. The van der Waals surface area contributed by atoms with E-state index in [0.717, 1.165) is 31.5 Å². The monoisotopic (exact) mass is 398 g/mol. The van der Waals surface area contributed by atoms with Crippen molar-refractivity contribution in [1.29, 1.82) is 0 Å². The van der Waals surface area contributed by atoms with Crippen molar-refractivity contribution in [2.45, 2.75) is 50.7 Å². The maximum atomic E-state index is 12.9. The standard InChI is InChI=1S/C18H26N2O6S/c1-12-4-3-9-20(13(12)2)17(21)14-7-10-19(11-8-14)27(24,25)16-6-5-15(26-16)18(22)23/h5-6,12-14H,3-4,7-11H2,1-2H3,(H,22,23). The van der Waals surface area contributed by atoms with Crippen molar-refractivity contribution in [1.82, 2.24) is 9.21 Å². The Morgan fingerprint density at radius 1 is 1.11 bits per heavy atom. The normalized spacial score (nSPS) is 25.5. The molecule has 150 valence electrons. The number of hydrogen-bond acceptors (Lipinski definition) is 5. The number of sulfonamides is 1. The summed E-state index contributed by atoms with van der Waals surface area (Å²) in [7, 11) is -3.89. The highest BCUT2D eigenvalue weighted by Gasteiger charge is 2.37. The first-order valence-corrected chi connectivity index (χ1v) is 10.8. The third-order valence-corrected chi connectivity index (χ3v) is 7.62. The molecule has 0 spiro atoms. The molecule has 9 heteroatoms. The van der Waals surface area contributed by atoms with Crippen molar-refractivity contribution in [3.63, 3.8) is 0 Å². The van der Waals surface area contributed by atoms with Gasteiger partial charge in [-0.25, -0.2) is 13.2 Å². The molecule has 2 saturated heterocycles. The molecule has 0 radical (unpaired) electrons. The molecular weight excluding hydrogens is 372 g/mol. The number of carboxylic acids is 1. The Kier molecular flexibility index (Phi) is 5.62. The predicted octanol–water partition coefficient (Wildman–Crippen LogP) is 2.03. The molecule has 2 aliphatic rings. The van der Waals surface area contributed by atoms with Gasteiger partial charge in [0.25, 0.3) is 10.0 Å². The van der Waals surface area contributed by atoms with E-state index in [2.05, 4.69) is 13.8 Å². The van der Waals surface area contributed by atoms with Gasteiger partial charge in [-0.15, -0.1) is 0 Å². The first-order chi connectivity index (χ1) is 12.7. The first-order valence-electron chi connectivity index (χ1n) is 9.35. The van der Waals surface area contributed by atoms with Gasteiger partial charge in [-0.05, 0) is 50.7 Å². The summed E-state index contributed by atoms with van der Waals surface area (Å²) < 4.78 is 31.5. The number of carboxylic acid groups (broad SMARTS) is 1. The molecule has 0 aliphatic carbocycles. The molecule has 27 heavy (non-hydrogen) atoms. The highest BCUT2D eigenvalue weighted by atomic mass is 32.2. The molecule has 2 fully saturated rings. The Morgan fingerprint density at radius 3 is 2.37 bits per heavy atom. The van der Waals surface area contributed by atoms with Crippen LogP contribution in [0.2, 0.25) is 0 Å². The lowest BCUT2D eigenvalue weighted by Crippen LogP contribution is -2.50. The van der Waals surface area contributed by atoms with Crippen LogP contribution in [0.5, 0.6) is 0 Å². The van der Waals surface area contributed by atoms with Crippen LogP contribution in [0.1, 0.15) is 50.1 Å². The summed E-state index contributed by atoms with van der Waals surface area (Å²) in [6.45, 7) is 5.46.